The smallest absolute Gasteiger partial charge is 0.161 e. The van der Waals surface area contributed by atoms with Crippen LogP contribution in [-0.4, -0.2) is 20.3 Å². The van der Waals surface area contributed by atoms with Crippen LogP contribution in [0.15, 0.2) is 42.6 Å². The van der Waals surface area contributed by atoms with Crippen LogP contribution in [0.25, 0.3) is 22.6 Å². The Morgan fingerprint density at radius 1 is 1.24 bits per heavy atom. The molecule has 106 valence electrons. The zero-order chi connectivity index (χ0) is 14.2. The number of benzene rings is 1. The summed E-state index contributed by atoms with van der Waals surface area (Å²) in [7, 11) is 0. The van der Waals surface area contributed by atoms with Gasteiger partial charge >= 0.3 is 0 Å². The van der Waals surface area contributed by atoms with Gasteiger partial charge < -0.3 is 0 Å². The van der Waals surface area contributed by atoms with Crippen molar-refractivity contribution in [2.45, 2.75) is 25.1 Å². The number of imidazole rings is 1. The van der Waals surface area contributed by atoms with E-state index in [1.165, 1.54) is 29.7 Å². The molecule has 1 unspecified atom stereocenters. The van der Waals surface area contributed by atoms with Crippen molar-refractivity contribution in [3.63, 3.8) is 0 Å². The van der Waals surface area contributed by atoms with Crippen LogP contribution in [0.3, 0.4) is 0 Å². The Labute approximate surface area is 128 Å². The summed E-state index contributed by atoms with van der Waals surface area (Å²) in [5.41, 5.74) is 4.44. The molecular formula is C17H17N3S. The van der Waals surface area contributed by atoms with Crippen LogP contribution in [0.5, 0.6) is 0 Å². The molecule has 0 radical (unpaired) electrons. The second kappa shape index (κ2) is 5.19. The van der Waals surface area contributed by atoms with Crippen molar-refractivity contribution in [1.82, 2.24) is 14.5 Å². The maximum Gasteiger partial charge on any atom is 0.161 e. The molecule has 3 aromatic rings. The number of fused-ring (bicyclic) bond motifs is 1. The van der Waals surface area contributed by atoms with Crippen molar-refractivity contribution < 1.29 is 0 Å². The number of pyridine rings is 1. The van der Waals surface area contributed by atoms with Gasteiger partial charge in [0.2, 0.25) is 0 Å². The first-order valence-corrected chi connectivity index (χ1v) is 8.39. The SMILES string of the molecule is Cc1cccc(-c2nc3cccnc3n2C2CCCS2)c1. The van der Waals surface area contributed by atoms with E-state index < -0.39 is 0 Å². The van der Waals surface area contributed by atoms with Crippen LogP contribution >= 0.6 is 11.8 Å². The molecule has 1 fully saturated rings. The molecule has 0 saturated carbocycles. The molecule has 3 heterocycles. The van der Waals surface area contributed by atoms with E-state index in [1.54, 1.807) is 0 Å². The molecule has 4 rings (SSSR count). The fraction of sp³-hybridized carbons (Fsp3) is 0.294. The third-order valence-corrected chi connectivity index (χ3v) is 5.27. The maximum atomic E-state index is 4.86. The number of hydrogen-bond donors (Lipinski definition) is 0. The largest absolute Gasteiger partial charge is 0.296 e. The Kier molecular flexibility index (Phi) is 3.19. The third kappa shape index (κ3) is 2.23. The standard InChI is InChI=1S/C17H17N3S/c1-12-5-2-6-13(11-12)16-19-14-7-3-9-18-17(14)20(16)15-8-4-10-21-15/h2-3,5-7,9,11,15H,4,8,10H2,1H3. The highest BCUT2D eigenvalue weighted by Crippen LogP contribution is 2.40. The molecule has 2 aromatic heterocycles. The second-order valence-corrected chi connectivity index (χ2v) is 6.77. The Hall–Kier alpha value is -1.81. The lowest BCUT2D eigenvalue weighted by atomic mass is 10.1. The summed E-state index contributed by atoms with van der Waals surface area (Å²) in [6.07, 6.45) is 4.33. The first-order chi connectivity index (χ1) is 10.3. The van der Waals surface area contributed by atoms with Gasteiger partial charge in [-0.3, -0.25) is 4.57 Å². The van der Waals surface area contributed by atoms with E-state index in [2.05, 4.69) is 46.8 Å². The molecule has 0 spiro atoms. The van der Waals surface area contributed by atoms with Crippen molar-refractivity contribution >= 4 is 22.9 Å². The summed E-state index contributed by atoms with van der Waals surface area (Å²) >= 11 is 2.01. The first-order valence-electron chi connectivity index (χ1n) is 7.34. The lowest BCUT2D eigenvalue weighted by Crippen LogP contribution is -2.05. The van der Waals surface area contributed by atoms with Gasteiger partial charge in [0.25, 0.3) is 0 Å². The van der Waals surface area contributed by atoms with Crippen LogP contribution in [0.4, 0.5) is 0 Å². The Morgan fingerprint density at radius 3 is 3.00 bits per heavy atom. The summed E-state index contributed by atoms with van der Waals surface area (Å²) in [5, 5.41) is 0.459. The molecule has 1 aliphatic rings. The molecule has 0 amide bonds. The Bertz CT molecular complexity index is 788. The number of rotatable bonds is 2. The van der Waals surface area contributed by atoms with Crippen LogP contribution in [0, 0.1) is 6.92 Å². The number of nitrogens with zero attached hydrogens (tertiary/aromatic N) is 3. The highest BCUT2D eigenvalue weighted by Gasteiger charge is 2.24. The number of aryl methyl sites for hydroxylation is 1. The van der Waals surface area contributed by atoms with Crippen molar-refractivity contribution in [3.8, 4) is 11.4 Å². The topological polar surface area (TPSA) is 30.7 Å². The van der Waals surface area contributed by atoms with Gasteiger partial charge in [-0.2, -0.15) is 0 Å². The number of aromatic nitrogens is 3. The molecule has 4 heteroatoms. The molecule has 3 nitrogen and oxygen atoms in total. The second-order valence-electron chi connectivity index (χ2n) is 5.49. The van der Waals surface area contributed by atoms with Gasteiger partial charge in [-0.05, 0) is 43.7 Å². The Morgan fingerprint density at radius 2 is 2.19 bits per heavy atom. The lowest BCUT2D eigenvalue weighted by molar-refractivity contribution is 0.660. The van der Waals surface area contributed by atoms with Crippen LogP contribution in [0.2, 0.25) is 0 Å². The summed E-state index contributed by atoms with van der Waals surface area (Å²) < 4.78 is 2.34. The van der Waals surface area contributed by atoms with E-state index in [1.807, 2.05) is 24.0 Å². The predicted octanol–water partition coefficient (Wildman–Crippen LogP) is 4.43. The van der Waals surface area contributed by atoms with E-state index in [0.29, 0.717) is 5.37 Å². The number of hydrogen-bond acceptors (Lipinski definition) is 3. The van der Waals surface area contributed by atoms with Gasteiger partial charge in [0, 0.05) is 11.8 Å². The zero-order valence-electron chi connectivity index (χ0n) is 12.0. The van der Waals surface area contributed by atoms with Crippen LogP contribution < -0.4 is 0 Å². The summed E-state index contributed by atoms with van der Waals surface area (Å²) in [6, 6.07) is 12.6. The maximum absolute atomic E-state index is 4.86. The fourth-order valence-corrected chi connectivity index (χ4v) is 4.24. The molecule has 1 aromatic carbocycles. The summed E-state index contributed by atoms with van der Waals surface area (Å²) in [4.78, 5) is 9.44. The van der Waals surface area contributed by atoms with Crippen molar-refractivity contribution in [2.75, 3.05) is 5.75 Å². The average molecular weight is 295 g/mol. The normalized spacial score (nSPS) is 18.4. The minimum Gasteiger partial charge on any atom is -0.296 e. The summed E-state index contributed by atoms with van der Waals surface area (Å²) in [5.74, 6) is 2.27. The van der Waals surface area contributed by atoms with Crippen molar-refractivity contribution in [3.05, 3.63) is 48.2 Å². The molecule has 0 N–H and O–H groups in total. The molecule has 0 bridgehead atoms. The van der Waals surface area contributed by atoms with Gasteiger partial charge in [-0.1, -0.05) is 23.8 Å². The molecule has 1 atom stereocenters. The average Bonchev–Trinajstić information content (AvgIpc) is 3.14. The van der Waals surface area contributed by atoms with Gasteiger partial charge in [0.05, 0.1) is 5.37 Å². The van der Waals surface area contributed by atoms with E-state index in [4.69, 9.17) is 4.98 Å². The predicted molar refractivity (Wildman–Crippen MR) is 88.4 cm³/mol. The third-order valence-electron chi connectivity index (χ3n) is 3.92. The Balaban J connectivity index is 1.97. The molecule has 1 saturated heterocycles. The first kappa shape index (κ1) is 12.9. The fourth-order valence-electron chi connectivity index (χ4n) is 2.95. The molecule has 21 heavy (non-hydrogen) atoms. The van der Waals surface area contributed by atoms with Crippen molar-refractivity contribution in [1.29, 1.82) is 0 Å². The monoisotopic (exact) mass is 295 g/mol. The zero-order valence-corrected chi connectivity index (χ0v) is 12.8. The number of thioether (sulfide) groups is 1. The van der Waals surface area contributed by atoms with Crippen molar-refractivity contribution in [2.24, 2.45) is 0 Å². The van der Waals surface area contributed by atoms with Gasteiger partial charge in [0.1, 0.15) is 11.3 Å². The highest BCUT2D eigenvalue weighted by atomic mass is 32.2. The van der Waals surface area contributed by atoms with Gasteiger partial charge in [-0.15, -0.1) is 11.8 Å². The highest BCUT2D eigenvalue weighted by molar-refractivity contribution is 7.99. The van der Waals surface area contributed by atoms with E-state index in [9.17, 15) is 0 Å². The minimum atomic E-state index is 0.459. The molecular weight excluding hydrogens is 278 g/mol. The van der Waals surface area contributed by atoms with E-state index >= 15 is 0 Å². The van der Waals surface area contributed by atoms with Crippen LogP contribution in [-0.2, 0) is 0 Å². The van der Waals surface area contributed by atoms with Gasteiger partial charge in [-0.25, -0.2) is 9.97 Å². The quantitative estimate of drug-likeness (QED) is 0.700. The van der Waals surface area contributed by atoms with Crippen LogP contribution in [0.1, 0.15) is 23.8 Å². The molecule has 0 aliphatic carbocycles. The lowest BCUT2D eigenvalue weighted by Gasteiger charge is -2.15. The molecule has 1 aliphatic heterocycles. The van der Waals surface area contributed by atoms with E-state index in [0.717, 1.165) is 17.0 Å². The minimum absolute atomic E-state index is 0.459. The van der Waals surface area contributed by atoms with Gasteiger partial charge in [0.15, 0.2) is 5.65 Å². The summed E-state index contributed by atoms with van der Waals surface area (Å²) in [6.45, 7) is 2.12. The van der Waals surface area contributed by atoms with E-state index in [-0.39, 0.29) is 0 Å².